The summed E-state index contributed by atoms with van der Waals surface area (Å²) in [6, 6.07) is 3.18. The number of aromatic nitrogens is 1. The first-order chi connectivity index (χ1) is 6.61. The zero-order valence-electron chi connectivity index (χ0n) is 7.67. The molecule has 0 aliphatic rings. The van der Waals surface area contributed by atoms with Crippen molar-refractivity contribution < 1.29 is 14.7 Å². The molecule has 0 aromatic carbocycles. The molecule has 0 radical (unpaired) electrons. The minimum Gasteiger partial charge on any atom is -0.480 e. The molecule has 1 aromatic heterocycles. The number of amides is 1. The number of carbonyl (C=O) groups is 2. The predicted molar refractivity (Wildman–Crippen MR) is 49.9 cm³/mol. The van der Waals surface area contributed by atoms with Gasteiger partial charge in [-0.1, -0.05) is 0 Å². The lowest BCUT2D eigenvalue weighted by Gasteiger charge is -2.18. The second-order valence-corrected chi connectivity index (χ2v) is 2.70. The molecule has 5 nitrogen and oxygen atoms in total. The lowest BCUT2D eigenvalue weighted by Crippen LogP contribution is -2.33. The van der Waals surface area contributed by atoms with E-state index in [1.165, 1.54) is 24.2 Å². The highest BCUT2D eigenvalue weighted by Crippen LogP contribution is 2.11. The SMILES string of the molecule is CC(=O)N(CC(=O)O)c1ccncc1. The summed E-state index contributed by atoms with van der Waals surface area (Å²) in [5.41, 5.74) is 0.537. The van der Waals surface area contributed by atoms with E-state index in [-0.39, 0.29) is 12.5 Å². The molecule has 0 saturated heterocycles. The molecule has 0 bridgehead atoms. The molecular weight excluding hydrogens is 184 g/mol. The van der Waals surface area contributed by atoms with Crippen LogP contribution in [0.1, 0.15) is 6.92 Å². The molecule has 1 amide bonds. The Morgan fingerprint density at radius 1 is 1.43 bits per heavy atom. The van der Waals surface area contributed by atoms with Crippen molar-refractivity contribution in [2.45, 2.75) is 6.92 Å². The molecule has 0 aliphatic carbocycles. The molecule has 0 saturated carbocycles. The fourth-order valence-corrected chi connectivity index (χ4v) is 1.04. The number of hydrogen-bond acceptors (Lipinski definition) is 3. The van der Waals surface area contributed by atoms with Gasteiger partial charge in [-0.25, -0.2) is 0 Å². The summed E-state index contributed by atoms with van der Waals surface area (Å²) in [5.74, 6) is -1.35. The van der Waals surface area contributed by atoms with Crippen LogP contribution in [-0.2, 0) is 9.59 Å². The largest absolute Gasteiger partial charge is 0.480 e. The molecule has 5 heteroatoms. The van der Waals surface area contributed by atoms with Crippen LogP contribution in [0, 0.1) is 0 Å². The molecule has 14 heavy (non-hydrogen) atoms. The highest BCUT2D eigenvalue weighted by Gasteiger charge is 2.14. The Morgan fingerprint density at radius 2 is 2.00 bits per heavy atom. The van der Waals surface area contributed by atoms with Crippen LogP contribution in [0.2, 0.25) is 0 Å². The quantitative estimate of drug-likeness (QED) is 0.761. The van der Waals surface area contributed by atoms with E-state index < -0.39 is 5.97 Å². The third-order valence-corrected chi connectivity index (χ3v) is 1.65. The van der Waals surface area contributed by atoms with E-state index in [0.29, 0.717) is 5.69 Å². The molecule has 0 atom stereocenters. The van der Waals surface area contributed by atoms with Crippen molar-refractivity contribution in [1.29, 1.82) is 0 Å². The number of hydrogen-bond donors (Lipinski definition) is 1. The van der Waals surface area contributed by atoms with Crippen molar-refractivity contribution in [3.63, 3.8) is 0 Å². The van der Waals surface area contributed by atoms with Crippen molar-refractivity contribution in [3.8, 4) is 0 Å². The second-order valence-electron chi connectivity index (χ2n) is 2.70. The van der Waals surface area contributed by atoms with Crippen LogP contribution in [0.5, 0.6) is 0 Å². The number of rotatable bonds is 3. The lowest BCUT2D eigenvalue weighted by atomic mass is 10.3. The number of carboxylic acids is 1. The van der Waals surface area contributed by atoms with E-state index in [1.807, 2.05) is 0 Å². The van der Waals surface area contributed by atoms with Gasteiger partial charge in [-0.2, -0.15) is 0 Å². The van der Waals surface area contributed by atoms with Crippen LogP contribution in [-0.4, -0.2) is 28.5 Å². The molecule has 74 valence electrons. The van der Waals surface area contributed by atoms with E-state index in [9.17, 15) is 9.59 Å². The predicted octanol–water partition coefficient (Wildman–Crippen LogP) is 0.519. The van der Waals surface area contributed by atoms with Crippen molar-refractivity contribution in [2.24, 2.45) is 0 Å². The fourth-order valence-electron chi connectivity index (χ4n) is 1.04. The molecule has 1 aromatic rings. The third-order valence-electron chi connectivity index (χ3n) is 1.65. The van der Waals surface area contributed by atoms with Crippen molar-refractivity contribution >= 4 is 17.6 Å². The maximum atomic E-state index is 11.1. The van der Waals surface area contributed by atoms with Gasteiger partial charge in [-0.05, 0) is 12.1 Å². The molecule has 1 heterocycles. The van der Waals surface area contributed by atoms with Crippen LogP contribution in [0.3, 0.4) is 0 Å². The summed E-state index contributed by atoms with van der Waals surface area (Å²) in [7, 11) is 0. The average molecular weight is 194 g/mol. The van der Waals surface area contributed by atoms with Crippen molar-refractivity contribution in [2.75, 3.05) is 11.4 Å². The maximum absolute atomic E-state index is 11.1. The highest BCUT2D eigenvalue weighted by atomic mass is 16.4. The van der Waals surface area contributed by atoms with Crippen molar-refractivity contribution in [3.05, 3.63) is 24.5 Å². The van der Waals surface area contributed by atoms with Crippen LogP contribution >= 0.6 is 0 Å². The third kappa shape index (κ3) is 2.55. The first-order valence-corrected chi connectivity index (χ1v) is 4.01. The lowest BCUT2D eigenvalue weighted by molar-refractivity contribution is -0.136. The van der Waals surface area contributed by atoms with Crippen LogP contribution in [0.25, 0.3) is 0 Å². The number of nitrogens with zero attached hydrogens (tertiary/aromatic N) is 2. The van der Waals surface area contributed by atoms with Gasteiger partial charge in [0.25, 0.3) is 0 Å². The van der Waals surface area contributed by atoms with Gasteiger partial charge in [0.2, 0.25) is 5.91 Å². The standard InChI is InChI=1S/C9H10N2O3/c1-7(12)11(6-9(13)14)8-2-4-10-5-3-8/h2-5H,6H2,1H3,(H,13,14). The second kappa shape index (κ2) is 4.36. The van der Waals surface area contributed by atoms with Crippen molar-refractivity contribution in [1.82, 2.24) is 4.98 Å². The molecule has 1 rings (SSSR count). The highest BCUT2D eigenvalue weighted by molar-refractivity contribution is 5.95. The van der Waals surface area contributed by atoms with Gasteiger partial charge < -0.3 is 10.0 Å². The Morgan fingerprint density at radius 3 is 2.43 bits per heavy atom. The Hall–Kier alpha value is -1.91. The average Bonchev–Trinajstić information content (AvgIpc) is 2.15. The van der Waals surface area contributed by atoms with Gasteiger partial charge in [-0.15, -0.1) is 0 Å². The zero-order chi connectivity index (χ0) is 10.6. The Labute approximate surface area is 81.0 Å². The minimum atomic E-state index is -1.04. The first-order valence-electron chi connectivity index (χ1n) is 4.01. The summed E-state index contributed by atoms with van der Waals surface area (Å²) in [6.45, 7) is 0.989. The van der Waals surface area contributed by atoms with Gasteiger partial charge in [-0.3, -0.25) is 14.6 Å². The molecule has 0 unspecified atom stereocenters. The topological polar surface area (TPSA) is 70.5 Å². The van der Waals surface area contributed by atoms with Crippen LogP contribution < -0.4 is 4.90 Å². The van der Waals surface area contributed by atoms with Gasteiger partial charge in [0.1, 0.15) is 6.54 Å². The number of carboxylic acid groups (broad SMARTS) is 1. The summed E-state index contributed by atoms with van der Waals surface area (Å²) >= 11 is 0. The zero-order valence-corrected chi connectivity index (χ0v) is 7.67. The number of pyridine rings is 1. The Bertz CT molecular complexity index is 337. The van der Waals surface area contributed by atoms with Gasteiger partial charge in [0.05, 0.1) is 0 Å². The maximum Gasteiger partial charge on any atom is 0.323 e. The summed E-state index contributed by atoms with van der Waals surface area (Å²) in [5, 5.41) is 8.58. The normalized spacial score (nSPS) is 9.50. The van der Waals surface area contributed by atoms with E-state index in [0.717, 1.165) is 0 Å². The monoisotopic (exact) mass is 194 g/mol. The Balaban J connectivity index is 2.89. The molecule has 0 aliphatic heterocycles. The summed E-state index contributed by atoms with van der Waals surface area (Å²) in [6.07, 6.45) is 3.01. The molecule has 1 N–H and O–H groups in total. The number of aliphatic carboxylic acids is 1. The molecule has 0 spiro atoms. The van der Waals surface area contributed by atoms with E-state index in [2.05, 4.69) is 4.98 Å². The minimum absolute atomic E-state index is 0.307. The summed E-state index contributed by atoms with van der Waals surface area (Å²) in [4.78, 5) is 26.6. The fraction of sp³-hybridized carbons (Fsp3) is 0.222. The van der Waals surface area contributed by atoms with Gasteiger partial charge in [0, 0.05) is 25.0 Å². The smallest absolute Gasteiger partial charge is 0.323 e. The van der Waals surface area contributed by atoms with E-state index in [4.69, 9.17) is 5.11 Å². The Kier molecular flexibility index (Phi) is 3.17. The van der Waals surface area contributed by atoms with E-state index in [1.54, 1.807) is 12.1 Å². The molecule has 0 fully saturated rings. The van der Waals surface area contributed by atoms with Gasteiger partial charge in [0.15, 0.2) is 0 Å². The van der Waals surface area contributed by atoms with Crippen LogP contribution in [0.4, 0.5) is 5.69 Å². The summed E-state index contributed by atoms with van der Waals surface area (Å²) < 4.78 is 0. The van der Waals surface area contributed by atoms with Crippen LogP contribution in [0.15, 0.2) is 24.5 Å². The molecular formula is C9H10N2O3. The van der Waals surface area contributed by atoms with Gasteiger partial charge >= 0.3 is 5.97 Å². The number of carbonyl (C=O) groups excluding carboxylic acids is 1. The number of anilines is 1. The van der Waals surface area contributed by atoms with E-state index >= 15 is 0 Å². The first kappa shape index (κ1) is 10.2.